The van der Waals surface area contributed by atoms with Crippen molar-refractivity contribution in [3.05, 3.63) is 95.9 Å². The predicted octanol–water partition coefficient (Wildman–Crippen LogP) is 7.79. The number of anilines is 1. The molecule has 1 aromatic heterocycles. The Balaban J connectivity index is 1.51. The van der Waals surface area contributed by atoms with E-state index < -0.39 is 5.92 Å². The van der Waals surface area contributed by atoms with E-state index in [2.05, 4.69) is 31.2 Å². The fourth-order valence-corrected chi connectivity index (χ4v) is 4.15. The van der Waals surface area contributed by atoms with E-state index in [-0.39, 0.29) is 35.7 Å². The molecule has 0 aliphatic carbocycles. The lowest BCUT2D eigenvalue weighted by atomic mass is 9.99. The summed E-state index contributed by atoms with van der Waals surface area (Å²) in [6.07, 6.45) is 1.60. The number of carbonyl (C=O) groups is 1. The zero-order chi connectivity index (χ0) is 26.8. The average molecular weight is 506 g/mol. The normalized spacial score (nSPS) is 12.0. The molecule has 1 amide bonds. The van der Waals surface area contributed by atoms with Gasteiger partial charge in [-0.3, -0.25) is 9.48 Å². The molecule has 4 rings (SSSR count). The maximum atomic E-state index is 13.8. The Morgan fingerprint density at radius 2 is 1.49 bits per heavy atom. The van der Waals surface area contributed by atoms with Gasteiger partial charge < -0.3 is 5.32 Å². The zero-order valence-corrected chi connectivity index (χ0v) is 21.4. The van der Waals surface area contributed by atoms with Crippen LogP contribution in [0, 0.1) is 5.82 Å². The van der Waals surface area contributed by atoms with Crippen molar-refractivity contribution in [1.29, 1.82) is 0 Å². The standard InChI is InChI=1S/C30H30F3N3O/c1-5-30(32,33)23-12-6-20(7-13-23)18-27(37)35-25-16-10-21(11-17-25)26-19-34-36(29(2,3)4)28(26)22-8-14-24(31)15-9-22/h6-17,19H,5,18H2,1-4H3,(H,35,37). The molecule has 192 valence electrons. The molecule has 37 heavy (non-hydrogen) atoms. The molecule has 0 fully saturated rings. The monoisotopic (exact) mass is 505 g/mol. The SMILES string of the molecule is CCC(F)(F)c1ccc(CC(=O)Nc2ccc(-c3cnn(C(C)(C)C)c3-c3ccc(F)cc3)cc2)cc1. The second-order valence-corrected chi connectivity index (χ2v) is 10.1. The van der Waals surface area contributed by atoms with E-state index >= 15 is 0 Å². The summed E-state index contributed by atoms with van der Waals surface area (Å²) in [7, 11) is 0. The second-order valence-electron chi connectivity index (χ2n) is 10.1. The summed E-state index contributed by atoms with van der Waals surface area (Å²) >= 11 is 0. The Hall–Kier alpha value is -3.87. The van der Waals surface area contributed by atoms with Gasteiger partial charge in [-0.05, 0) is 68.3 Å². The van der Waals surface area contributed by atoms with Gasteiger partial charge in [0.15, 0.2) is 0 Å². The first kappa shape index (κ1) is 26.2. The first-order valence-electron chi connectivity index (χ1n) is 12.2. The van der Waals surface area contributed by atoms with Crippen LogP contribution in [0.2, 0.25) is 0 Å². The summed E-state index contributed by atoms with van der Waals surface area (Å²) in [6, 6.07) is 19.6. The largest absolute Gasteiger partial charge is 0.326 e. The molecule has 0 bridgehead atoms. The van der Waals surface area contributed by atoms with Crippen LogP contribution < -0.4 is 5.32 Å². The molecular formula is C30H30F3N3O. The Bertz CT molecular complexity index is 1370. The van der Waals surface area contributed by atoms with Crippen molar-refractivity contribution in [2.75, 3.05) is 5.32 Å². The molecule has 4 nitrogen and oxygen atoms in total. The number of rotatable bonds is 7. The molecule has 4 aromatic rings. The molecule has 0 saturated heterocycles. The highest BCUT2D eigenvalue weighted by Gasteiger charge is 2.28. The molecule has 7 heteroatoms. The highest BCUT2D eigenvalue weighted by Crippen LogP contribution is 2.36. The molecule has 0 aliphatic heterocycles. The molecule has 1 N–H and O–H groups in total. The fraction of sp³-hybridized carbons (Fsp3) is 0.267. The molecule has 0 aliphatic rings. The number of hydrogen-bond acceptors (Lipinski definition) is 2. The number of amides is 1. The summed E-state index contributed by atoms with van der Waals surface area (Å²) in [6.45, 7) is 7.60. The van der Waals surface area contributed by atoms with E-state index in [1.54, 1.807) is 42.6 Å². The van der Waals surface area contributed by atoms with Gasteiger partial charge in [0.25, 0.3) is 5.92 Å². The molecule has 0 atom stereocenters. The molecule has 0 radical (unpaired) electrons. The van der Waals surface area contributed by atoms with Crippen molar-refractivity contribution in [3.63, 3.8) is 0 Å². The molecule has 0 unspecified atom stereocenters. The van der Waals surface area contributed by atoms with Crippen LogP contribution in [-0.2, 0) is 22.7 Å². The van der Waals surface area contributed by atoms with Crippen LogP contribution in [0.15, 0.2) is 79.0 Å². The van der Waals surface area contributed by atoms with Crippen molar-refractivity contribution >= 4 is 11.6 Å². The molecule has 0 saturated carbocycles. The van der Waals surface area contributed by atoms with E-state index in [1.807, 2.05) is 16.8 Å². The summed E-state index contributed by atoms with van der Waals surface area (Å²) in [5.74, 6) is -3.42. The summed E-state index contributed by atoms with van der Waals surface area (Å²) in [5, 5.41) is 7.47. The lowest BCUT2D eigenvalue weighted by Crippen LogP contribution is -2.24. The number of halogens is 3. The van der Waals surface area contributed by atoms with E-state index in [0.29, 0.717) is 11.3 Å². The molecular weight excluding hydrogens is 475 g/mol. The predicted molar refractivity (Wildman–Crippen MR) is 141 cm³/mol. The Labute approximate surface area is 215 Å². The summed E-state index contributed by atoms with van der Waals surface area (Å²) in [5.41, 5.74) is 4.46. The quantitative estimate of drug-likeness (QED) is 0.279. The van der Waals surface area contributed by atoms with Crippen LogP contribution in [-0.4, -0.2) is 15.7 Å². The van der Waals surface area contributed by atoms with Gasteiger partial charge in [0.2, 0.25) is 5.91 Å². The second kappa shape index (κ2) is 10.2. The number of carbonyl (C=O) groups excluding carboxylic acids is 1. The maximum Gasteiger partial charge on any atom is 0.273 e. The number of alkyl halides is 2. The van der Waals surface area contributed by atoms with Crippen LogP contribution >= 0.6 is 0 Å². The minimum Gasteiger partial charge on any atom is -0.326 e. The zero-order valence-electron chi connectivity index (χ0n) is 21.4. The van der Waals surface area contributed by atoms with E-state index in [9.17, 15) is 18.0 Å². The first-order chi connectivity index (χ1) is 17.5. The Morgan fingerprint density at radius 1 is 0.892 bits per heavy atom. The Kier molecular flexibility index (Phi) is 7.25. The van der Waals surface area contributed by atoms with Gasteiger partial charge in [-0.2, -0.15) is 5.10 Å². The fourth-order valence-electron chi connectivity index (χ4n) is 4.15. The third kappa shape index (κ3) is 5.93. The van der Waals surface area contributed by atoms with Crippen molar-refractivity contribution in [2.45, 2.75) is 52.0 Å². The molecule has 0 spiro atoms. The van der Waals surface area contributed by atoms with Gasteiger partial charge >= 0.3 is 0 Å². The van der Waals surface area contributed by atoms with Crippen LogP contribution in [0.25, 0.3) is 22.4 Å². The van der Waals surface area contributed by atoms with Gasteiger partial charge in [0.05, 0.1) is 23.9 Å². The van der Waals surface area contributed by atoms with E-state index in [0.717, 1.165) is 22.4 Å². The highest BCUT2D eigenvalue weighted by atomic mass is 19.3. The molecule has 3 aromatic carbocycles. The first-order valence-corrected chi connectivity index (χ1v) is 12.2. The van der Waals surface area contributed by atoms with Crippen LogP contribution in [0.3, 0.4) is 0 Å². The Morgan fingerprint density at radius 3 is 2.05 bits per heavy atom. The highest BCUT2D eigenvalue weighted by molar-refractivity contribution is 5.92. The van der Waals surface area contributed by atoms with Gasteiger partial charge in [-0.15, -0.1) is 0 Å². The number of nitrogens with one attached hydrogen (secondary N) is 1. The van der Waals surface area contributed by atoms with Crippen molar-refractivity contribution < 1.29 is 18.0 Å². The van der Waals surface area contributed by atoms with Gasteiger partial charge in [-0.1, -0.05) is 43.3 Å². The van der Waals surface area contributed by atoms with Gasteiger partial charge in [0.1, 0.15) is 5.82 Å². The smallest absolute Gasteiger partial charge is 0.273 e. The van der Waals surface area contributed by atoms with Crippen molar-refractivity contribution in [2.24, 2.45) is 0 Å². The number of hydrogen-bond donors (Lipinski definition) is 1. The van der Waals surface area contributed by atoms with E-state index in [1.165, 1.54) is 31.2 Å². The lowest BCUT2D eigenvalue weighted by Gasteiger charge is -2.23. The summed E-state index contributed by atoms with van der Waals surface area (Å²) in [4.78, 5) is 12.6. The summed E-state index contributed by atoms with van der Waals surface area (Å²) < 4.78 is 43.1. The number of aromatic nitrogens is 2. The molecule has 1 heterocycles. The average Bonchev–Trinajstić information content (AvgIpc) is 3.31. The van der Waals surface area contributed by atoms with Crippen LogP contribution in [0.4, 0.5) is 18.9 Å². The number of nitrogens with zero attached hydrogens (tertiary/aromatic N) is 2. The van der Waals surface area contributed by atoms with Crippen LogP contribution in [0.1, 0.15) is 45.2 Å². The van der Waals surface area contributed by atoms with Crippen molar-refractivity contribution in [3.8, 4) is 22.4 Å². The minimum absolute atomic E-state index is 0.0514. The number of benzene rings is 3. The maximum absolute atomic E-state index is 13.8. The topological polar surface area (TPSA) is 46.9 Å². The van der Waals surface area contributed by atoms with Gasteiger partial charge in [0, 0.05) is 28.8 Å². The minimum atomic E-state index is -2.87. The van der Waals surface area contributed by atoms with Crippen molar-refractivity contribution in [1.82, 2.24) is 9.78 Å². The van der Waals surface area contributed by atoms with E-state index in [4.69, 9.17) is 0 Å². The van der Waals surface area contributed by atoms with Crippen LogP contribution in [0.5, 0.6) is 0 Å². The third-order valence-electron chi connectivity index (χ3n) is 6.19. The lowest BCUT2D eigenvalue weighted by molar-refractivity contribution is -0.115. The third-order valence-corrected chi connectivity index (χ3v) is 6.19. The van der Waals surface area contributed by atoms with Gasteiger partial charge in [-0.25, -0.2) is 13.2 Å².